The first-order chi connectivity index (χ1) is 14.7. The molecule has 0 unspecified atom stereocenters. The van der Waals surface area contributed by atoms with Gasteiger partial charge >= 0.3 is 0 Å². The van der Waals surface area contributed by atoms with Gasteiger partial charge in [0, 0.05) is 14.5 Å². The maximum absolute atomic E-state index is 6.16. The van der Waals surface area contributed by atoms with Crippen LogP contribution in [-0.2, 0) is 6.42 Å². The molecule has 0 bridgehead atoms. The molecule has 0 aliphatic heterocycles. The van der Waals surface area contributed by atoms with Crippen LogP contribution in [-0.4, -0.2) is 0 Å². The molecule has 0 atom stereocenters. The lowest BCUT2D eigenvalue weighted by Gasteiger charge is -2.13. The molecule has 1 nitrogen and oxygen atoms in total. The van der Waals surface area contributed by atoms with E-state index in [4.69, 9.17) is 4.74 Å². The van der Waals surface area contributed by atoms with Crippen molar-refractivity contribution < 1.29 is 4.74 Å². The van der Waals surface area contributed by atoms with E-state index in [1.165, 1.54) is 89.0 Å². The van der Waals surface area contributed by atoms with Crippen LogP contribution in [0.3, 0.4) is 0 Å². The monoisotopic (exact) mass is 536 g/mol. The third-order valence-electron chi connectivity index (χ3n) is 5.65. The number of unbranched alkanes of at least 4 members (excludes halogenated alkanes) is 12. The van der Waals surface area contributed by atoms with E-state index < -0.39 is 0 Å². The zero-order chi connectivity index (χ0) is 21.4. The molecule has 30 heavy (non-hydrogen) atoms. The van der Waals surface area contributed by atoms with Gasteiger partial charge in [0.2, 0.25) is 0 Å². The molecule has 0 aromatic heterocycles. The van der Waals surface area contributed by atoms with Crippen molar-refractivity contribution in [1.29, 1.82) is 0 Å². The Kier molecular flexibility index (Phi) is 13.5. The van der Waals surface area contributed by atoms with Gasteiger partial charge in [-0.3, -0.25) is 0 Å². The van der Waals surface area contributed by atoms with Crippen molar-refractivity contribution >= 4 is 31.9 Å². The number of hydrogen-bond acceptors (Lipinski definition) is 1. The topological polar surface area (TPSA) is 9.23 Å². The highest BCUT2D eigenvalue weighted by Crippen LogP contribution is 2.32. The Morgan fingerprint density at radius 2 is 1.17 bits per heavy atom. The maximum atomic E-state index is 6.16. The van der Waals surface area contributed by atoms with Gasteiger partial charge in [-0.2, -0.15) is 0 Å². The molecule has 2 aromatic carbocycles. The second-order valence-corrected chi connectivity index (χ2v) is 10.0. The first kappa shape index (κ1) is 25.5. The van der Waals surface area contributed by atoms with Crippen LogP contribution in [0, 0.1) is 0 Å². The quantitative estimate of drug-likeness (QED) is 0.193. The molecule has 0 heterocycles. The van der Waals surface area contributed by atoms with Crippen molar-refractivity contribution in [2.24, 2.45) is 0 Å². The van der Waals surface area contributed by atoms with Crippen LogP contribution in [0.2, 0.25) is 0 Å². The summed E-state index contributed by atoms with van der Waals surface area (Å²) in [5, 5.41) is 0. The van der Waals surface area contributed by atoms with Gasteiger partial charge in [-0.15, -0.1) is 0 Å². The first-order valence-electron chi connectivity index (χ1n) is 11.9. The van der Waals surface area contributed by atoms with Crippen LogP contribution in [0.4, 0.5) is 0 Å². The molecule has 166 valence electrons. The zero-order valence-corrected chi connectivity index (χ0v) is 21.8. The van der Waals surface area contributed by atoms with Crippen molar-refractivity contribution in [3.05, 3.63) is 57.0 Å². The third kappa shape index (κ3) is 10.5. The normalized spacial score (nSPS) is 11.0. The molecule has 2 rings (SSSR count). The van der Waals surface area contributed by atoms with Crippen LogP contribution in [0.5, 0.6) is 11.5 Å². The Morgan fingerprint density at radius 3 is 1.73 bits per heavy atom. The average molecular weight is 538 g/mol. The van der Waals surface area contributed by atoms with E-state index in [9.17, 15) is 0 Å². The average Bonchev–Trinajstić information content (AvgIpc) is 2.74. The molecule has 3 heteroatoms. The predicted molar refractivity (Wildman–Crippen MR) is 138 cm³/mol. The Balaban J connectivity index is 1.60. The van der Waals surface area contributed by atoms with Crippen molar-refractivity contribution in [3.63, 3.8) is 0 Å². The molecular formula is C27H38Br2O. The fourth-order valence-electron chi connectivity index (χ4n) is 3.83. The summed E-state index contributed by atoms with van der Waals surface area (Å²) in [5.74, 6) is 1.84. The van der Waals surface area contributed by atoms with Gasteiger partial charge < -0.3 is 4.74 Å². The Hall–Kier alpha value is -0.800. The number of hydrogen-bond donors (Lipinski definition) is 0. The van der Waals surface area contributed by atoms with Gasteiger partial charge in [0.15, 0.2) is 0 Å². The lowest BCUT2D eigenvalue weighted by atomic mass is 10.0. The highest BCUT2D eigenvalue weighted by atomic mass is 79.9. The summed E-state index contributed by atoms with van der Waals surface area (Å²) in [4.78, 5) is 0. The molecule has 0 amide bonds. The van der Waals surface area contributed by atoms with E-state index in [1.54, 1.807) is 0 Å². The van der Waals surface area contributed by atoms with Crippen LogP contribution in [0.25, 0.3) is 0 Å². The fourth-order valence-corrected chi connectivity index (χ4v) is 4.64. The van der Waals surface area contributed by atoms with Crippen molar-refractivity contribution in [2.45, 2.75) is 96.8 Å². The van der Waals surface area contributed by atoms with Crippen molar-refractivity contribution in [1.82, 2.24) is 0 Å². The van der Waals surface area contributed by atoms with E-state index >= 15 is 0 Å². The summed E-state index contributed by atoms with van der Waals surface area (Å²) >= 11 is 7.20. The second-order valence-electron chi connectivity index (χ2n) is 8.27. The molecule has 0 saturated carbocycles. The van der Waals surface area contributed by atoms with E-state index in [0.29, 0.717) is 0 Å². The van der Waals surface area contributed by atoms with Crippen LogP contribution >= 0.6 is 31.9 Å². The SMILES string of the molecule is CCCCCCCCCCCCCCCc1c(Br)cccc1Oc1ccc(Br)cc1. The molecular weight excluding hydrogens is 500 g/mol. The van der Waals surface area contributed by atoms with E-state index in [2.05, 4.69) is 50.9 Å². The van der Waals surface area contributed by atoms with Gasteiger partial charge in [0.25, 0.3) is 0 Å². The minimum absolute atomic E-state index is 0.878. The molecule has 0 spiro atoms. The largest absolute Gasteiger partial charge is 0.457 e. The molecule has 0 fully saturated rings. The van der Waals surface area contributed by atoms with Gasteiger partial charge in [-0.05, 0) is 49.2 Å². The molecule has 0 radical (unpaired) electrons. The second kappa shape index (κ2) is 15.9. The van der Waals surface area contributed by atoms with Crippen LogP contribution < -0.4 is 4.74 Å². The van der Waals surface area contributed by atoms with Gasteiger partial charge in [-0.25, -0.2) is 0 Å². The lowest BCUT2D eigenvalue weighted by Crippen LogP contribution is -1.94. The number of ether oxygens (including phenoxy) is 1. The van der Waals surface area contributed by atoms with Crippen LogP contribution in [0.15, 0.2) is 51.4 Å². The van der Waals surface area contributed by atoms with E-state index in [0.717, 1.165) is 26.9 Å². The smallest absolute Gasteiger partial charge is 0.131 e. The Morgan fingerprint density at radius 1 is 0.633 bits per heavy atom. The Bertz CT molecular complexity index is 697. The minimum Gasteiger partial charge on any atom is -0.457 e. The van der Waals surface area contributed by atoms with Gasteiger partial charge in [0.05, 0.1) is 0 Å². The van der Waals surface area contributed by atoms with Gasteiger partial charge in [-0.1, -0.05) is 122 Å². The maximum Gasteiger partial charge on any atom is 0.131 e. The summed E-state index contributed by atoms with van der Waals surface area (Å²) in [6.45, 7) is 2.29. The highest BCUT2D eigenvalue weighted by molar-refractivity contribution is 9.10. The third-order valence-corrected chi connectivity index (χ3v) is 6.92. The molecule has 0 aliphatic carbocycles. The summed E-state index contributed by atoms with van der Waals surface area (Å²) in [5.41, 5.74) is 1.28. The summed E-state index contributed by atoms with van der Waals surface area (Å²) in [6, 6.07) is 14.3. The summed E-state index contributed by atoms with van der Waals surface area (Å²) in [6.07, 6.45) is 19.1. The van der Waals surface area contributed by atoms with Crippen LogP contribution in [0.1, 0.15) is 96.0 Å². The zero-order valence-electron chi connectivity index (χ0n) is 18.6. The summed E-state index contributed by atoms with van der Waals surface area (Å²) in [7, 11) is 0. The Labute approximate surface area is 201 Å². The molecule has 0 saturated heterocycles. The van der Waals surface area contributed by atoms with Crippen molar-refractivity contribution in [2.75, 3.05) is 0 Å². The van der Waals surface area contributed by atoms with Gasteiger partial charge in [0.1, 0.15) is 11.5 Å². The highest BCUT2D eigenvalue weighted by Gasteiger charge is 2.09. The number of benzene rings is 2. The minimum atomic E-state index is 0.878. The van der Waals surface area contributed by atoms with Crippen molar-refractivity contribution in [3.8, 4) is 11.5 Å². The van der Waals surface area contributed by atoms with E-state index in [1.807, 2.05) is 30.3 Å². The standard InChI is InChI=1S/C27H38Br2O/c1-2-3-4-5-6-7-8-9-10-11-12-13-14-16-25-26(29)17-15-18-27(25)30-24-21-19-23(28)20-22-24/h15,17-22H,2-14,16H2,1H3. The fraction of sp³-hybridized carbons (Fsp3) is 0.556. The first-order valence-corrected chi connectivity index (χ1v) is 13.5. The molecule has 0 aliphatic rings. The summed E-state index contributed by atoms with van der Waals surface area (Å²) < 4.78 is 8.37. The molecule has 2 aromatic rings. The molecule has 0 N–H and O–H groups in total. The lowest BCUT2D eigenvalue weighted by molar-refractivity contribution is 0.473. The predicted octanol–water partition coefficient (Wildman–Crippen LogP) is 10.6. The van der Waals surface area contributed by atoms with E-state index in [-0.39, 0.29) is 0 Å². The number of halogens is 2. The number of rotatable bonds is 16.